The average Bonchev–Trinajstić information content (AvgIpc) is 3.45. The summed E-state index contributed by atoms with van der Waals surface area (Å²) < 4.78 is 32.8. The molecule has 2 atom stereocenters. The normalized spacial score (nSPS) is 17.5. The van der Waals surface area contributed by atoms with Gasteiger partial charge in [-0.2, -0.15) is 4.31 Å². The Morgan fingerprint density at radius 2 is 1.96 bits per heavy atom. The lowest BCUT2D eigenvalue weighted by molar-refractivity contribution is -0.116. The summed E-state index contributed by atoms with van der Waals surface area (Å²) in [6.07, 6.45) is 6.73. The maximum atomic E-state index is 13.5. The summed E-state index contributed by atoms with van der Waals surface area (Å²) in [7, 11) is -3.40. The Hall–Kier alpha value is -4.43. The number of aromatic nitrogens is 6. The second-order valence-corrected chi connectivity index (χ2v) is 13.4. The minimum absolute atomic E-state index is 0.136. The maximum absolute atomic E-state index is 13.5. The van der Waals surface area contributed by atoms with Crippen LogP contribution in [0.15, 0.2) is 72.1 Å². The van der Waals surface area contributed by atoms with Crippen LogP contribution in [0.25, 0.3) is 11.0 Å². The van der Waals surface area contributed by atoms with Crippen molar-refractivity contribution in [1.82, 2.24) is 34.3 Å². The van der Waals surface area contributed by atoms with Gasteiger partial charge in [-0.15, -0.1) is 15.9 Å². The molecule has 0 fully saturated rings. The first-order valence-corrected chi connectivity index (χ1v) is 16.8. The number of benzene rings is 2. The standard InChI is InChI=1S/C33H38N8O4S/c1-5-25-20-40(46(43,44)29-8-7-13-36-33(29)45-25)19-24-16-23(10-9-21(24)3)27(17-31(42)37-30-18-34-14-15-35-30)26-11-12-28-32(22(26)4)38-39-41(28)6-2/h7-16,18,25,27,43-44H,5-6,17,19-20H2,1-4H3,(H,35,37,42)/t25-,27+/m1/s1. The Morgan fingerprint density at radius 1 is 1.11 bits per heavy atom. The van der Waals surface area contributed by atoms with Gasteiger partial charge in [-0.3, -0.25) is 18.9 Å². The molecule has 0 radical (unpaired) electrons. The van der Waals surface area contributed by atoms with Gasteiger partial charge in [-0.05, 0) is 73.2 Å². The van der Waals surface area contributed by atoms with Crippen LogP contribution in [0.2, 0.25) is 0 Å². The number of amides is 1. The summed E-state index contributed by atoms with van der Waals surface area (Å²) in [5.41, 5.74) is 6.45. The summed E-state index contributed by atoms with van der Waals surface area (Å²) >= 11 is 0. The first-order valence-electron chi connectivity index (χ1n) is 15.3. The number of fused-ring (bicyclic) bond motifs is 2. The second-order valence-electron chi connectivity index (χ2n) is 11.4. The van der Waals surface area contributed by atoms with E-state index < -0.39 is 10.8 Å². The van der Waals surface area contributed by atoms with Gasteiger partial charge in [0.1, 0.15) is 16.5 Å². The average molecular weight is 643 g/mol. The number of hydrogen-bond acceptors (Lipinski definition) is 10. The molecule has 0 bridgehead atoms. The summed E-state index contributed by atoms with van der Waals surface area (Å²) in [4.78, 5) is 26.3. The molecule has 5 aromatic rings. The number of hydrogen-bond donors (Lipinski definition) is 3. The highest BCUT2D eigenvalue weighted by atomic mass is 32.3. The van der Waals surface area contributed by atoms with E-state index in [4.69, 9.17) is 4.74 Å². The highest BCUT2D eigenvalue weighted by molar-refractivity contribution is 8.22. The first kappa shape index (κ1) is 31.5. The predicted molar refractivity (Wildman–Crippen MR) is 177 cm³/mol. The van der Waals surface area contributed by atoms with Gasteiger partial charge >= 0.3 is 0 Å². The van der Waals surface area contributed by atoms with Crippen LogP contribution in [0.5, 0.6) is 5.88 Å². The van der Waals surface area contributed by atoms with Gasteiger partial charge in [-0.1, -0.05) is 36.4 Å². The molecule has 3 N–H and O–H groups in total. The SMILES string of the molecule is CC[C@@H]1CN(Cc2cc([C@H](CC(=O)Nc3cnccn3)c3ccc4c(nnn4CC)c3C)ccc2C)S(O)(O)c2cccnc2O1. The topological polar surface area (TPSA) is 151 Å². The molecule has 6 rings (SSSR count). The molecule has 46 heavy (non-hydrogen) atoms. The molecule has 13 heteroatoms. The molecule has 1 amide bonds. The molecule has 0 saturated carbocycles. The highest BCUT2D eigenvalue weighted by Crippen LogP contribution is 2.57. The van der Waals surface area contributed by atoms with Gasteiger partial charge in [-0.25, -0.2) is 14.6 Å². The zero-order valence-electron chi connectivity index (χ0n) is 26.3. The van der Waals surface area contributed by atoms with Crippen LogP contribution in [0.3, 0.4) is 0 Å². The molecule has 3 aromatic heterocycles. The summed E-state index contributed by atoms with van der Waals surface area (Å²) in [5.74, 6) is 0.0801. The van der Waals surface area contributed by atoms with Crippen LogP contribution in [-0.4, -0.2) is 61.9 Å². The number of pyridine rings is 1. The lowest BCUT2D eigenvalue weighted by atomic mass is 9.84. The van der Waals surface area contributed by atoms with E-state index in [0.717, 1.165) is 38.9 Å². The summed E-state index contributed by atoms with van der Waals surface area (Å²) in [6.45, 7) is 9.31. The van der Waals surface area contributed by atoms with E-state index in [1.807, 2.05) is 56.6 Å². The second kappa shape index (κ2) is 13.1. The molecule has 12 nitrogen and oxygen atoms in total. The number of aryl methyl sites for hydroxylation is 3. The van der Waals surface area contributed by atoms with Crippen LogP contribution in [0.4, 0.5) is 5.82 Å². The zero-order valence-corrected chi connectivity index (χ0v) is 27.1. The van der Waals surface area contributed by atoms with E-state index >= 15 is 0 Å². The van der Waals surface area contributed by atoms with Crippen molar-refractivity contribution in [3.8, 4) is 5.88 Å². The zero-order chi connectivity index (χ0) is 32.4. The Bertz CT molecular complexity index is 1870. The predicted octanol–water partition coefficient (Wildman–Crippen LogP) is 6.11. The monoisotopic (exact) mass is 642 g/mol. The molecule has 2 aromatic carbocycles. The lowest BCUT2D eigenvalue weighted by Gasteiger charge is -2.41. The van der Waals surface area contributed by atoms with E-state index in [1.165, 1.54) is 12.4 Å². The highest BCUT2D eigenvalue weighted by Gasteiger charge is 2.36. The summed E-state index contributed by atoms with van der Waals surface area (Å²) in [5, 5.41) is 11.6. The van der Waals surface area contributed by atoms with Crippen LogP contribution in [0.1, 0.15) is 60.4 Å². The number of nitrogens with zero attached hydrogens (tertiary/aromatic N) is 7. The van der Waals surface area contributed by atoms with Gasteiger partial charge in [0.25, 0.3) is 0 Å². The van der Waals surface area contributed by atoms with E-state index in [-0.39, 0.29) is 41.7 Å². The fourth-order valence-electron chi connectivity index (χ4n) is 5.92. The number of carbonyl (C=O) groups excluding carboxylic acids is 1. The Kier molecular flexibility index (Phi) is 9.00. The number of nitrogens with one attached hydrogen (secondary N) is 1. The number of carbonyl (C=O) groups is 1. The Labute approximate surface area is 269 Å². The number of ether oxygens (including phenoxy) is 1. The van der Waals surface area contributed by atoms with Gasteiger partial charge in [0.05, 0.1) is 18.3 Å². The molecule has 240 valence electrons. The molecule has 1 aliphatic rings. The van der Waals surface area contributed by atoms with Crippen molar-refractivity contribution in [1.29, 1.82) is 0 Å². The third kappa shape index (κ3) is 6.18. The third-order valence-electron chi connectivity index (χ3n) is 8.53. The first-order chi connectivity index (χ1) is 22.2. The van der Waals surface area contributed by atoms with Crippen molar-refractivity contribution in [2.75, 3.05) is 11.9 Å². The number of anilines is 1. The summed E-state index contributed by atoms with van der Waals surface area (Å²) in [6, 6.07) is 13.5. The minimum atomic E-state index is -3.40. The van der Waals surface area contributed by atoms with Gasteiger partial charge < -0.3 is 10.1 Å². The van der Waals surface area contributed by atoms with Crippen molar-refractivity contribution in [3.05, 3.63) is 95.1 Å². The van der Waals surface area contributed by atoms with E-state index in [1.54, 1.807) is 28.8 Å². The van der Waals surface area contributed by atoms with Gasteiger partial charge in [0, 0.05) is 44.0 Å². The van der Waals surface area contributed by atoms with E-state index in [9.17, 15) is 13.9 Å². The largest absolute Gasteiger partial charge is 0.472 e. The van der Waals surface area contributed by atoms with Gasteiger partial charge in [0.15, 0.2) is 5.82 Å². The maximum Gasteiger partial charge on any atom is 0.239 e. The Balaban J connectivity index is 1.39. The van der Waals surface area contributed by atoms with Crippen LogP contribution in [0, 0.1) is 13.8 Å². The molecule has 0 saturated heterocycles. The van der Waals surface area contributed by atoms with Crippen molar-refractivity contribution in [2.24, 2.45) is 0 Å². The molecule has 1 aliphatic heterocycles. The fourth-order valence-corrected chi connectivity index (χ4v) is 7.49. The quantitative estimate of drug-likeness (QED) is 0.172. The minimum Gasteiger partial charge on any atom is -0.472 e. The van der Waals surface area contributed by atoms with Crippen LogP contribution in [-0.2, 0) is 17.9 Å². The van der Waals surface area contributed by atoms with Crippen molar-refractivity contribution in [3.63, 3.8) is 0 Å². The Morgan fingerprint density at radius 3 is 2.72 bits per heavy atom. The van der Waals surface area contributed by atoms with Crippen LogP contribution >= 0.6 is 10.8 Å². The molecule has 0 unspecified atom stereocenters. The van der Waals surface area contributed by atoms with Crippen molar-refractivity contribution >= 4 is 33.5 Å². The lowest BCUT2D eigenvalue weighted by Crippen LogP contribution is -2.34. The van der Waals surface area contributed by atoms with Crippen molar-refractivity contribution < 1.29 is 18.6 Å². The molecule has 4 heterocycles. The third-order valence-corrected chi connectivity index (χ3v) is 10.4. The van der Waals surface area contributed by atoms with E-state index in [2.05, 4.69) is 36.6 Å². The molecule has 0 aliphatic carbocycles. The smallest absolute Gasteiger partial charge is 0.239 e. The van der Waals surface area contributed by atoms with Gasteiger partial charge in [0.2, 0.25) is 11.8 Å². The molecule has 0 spiro atoms. The molecular weight excluding hydrogens is 604 g/mol. The van der Waals surface area contributed by atoms with E-state index in [0.29, 0.717) is 25.3 Å². The fraction of sp³-hybridized carbons (Fsp3) is 0.333. The molecular formula is C33H38N8O4S. The number of rotatable bonds is 9. The van der Waals surface area contributed by atoms with Crippen molar-refractivity contribution in [2.45, 2.75) is 70.5 Å². The van der Waals surface area contributed by atoms with Crippen LogP contribution < -0.4 is 10.1 Å².